The number of unbranched alkanes of at least 4 members (excludes halogenated alkanes) is 1. The molecule has 4 rings (SSSR count). The summed E-state index contributed by atoms with van der Waals surface area (Å²) in [5.74, 6) is 0.660. The van der Waals surface area contributed by atoms with Gasteiger partial charge in [0.25, 0.3) is 5.56 Å². The Balaban J connectivity index is 1.95. The van der Waals surface area contributed by atoms with Gasteiger partial charge in [0.1, 0.15) is 10.7 Å². The van der Waals surface area contributed by atoms with E-state index in [0.717, 1.165) is 21.5 Å². The highest BCUT2D eigenvalue weighted by atomic mass is 32.1. The van der Waals surface area contributed by atoms with Crippen molar-refractivity contribution in [3.63, 3.8) is 0 Å². The zero-order valence-corrected chi connectivity index (χ0v) is 15.4. The summed E-state index contributed by atoms with van der Waals surface area (Å²) >= 11 is 1.49. The van der Waals surface area contributed by atoms with Crippen molar-refractivity contribution < 1.29 is 0 Å². The molecule has 0 unspecified atom stereocenters. The highest BCUT2D eigenvalue weighted by molar-refractivity contribution is 7.17. The predicted molar refractivity (Wildman–Crippen MR) is 110 cm³/mol. The van der Waals surface area contributed by atoms with Gasteiger partial charge in [-0.25, -0.2) is 4.98 Å². The van der Waals surface area contributed by atoms with Crippen LogP contribution in [0.4, 0.5) is 0 Å². The maximum absolute atomic E-state index is 13.4. The highest BCUT2D eigenvalue weighted by Crippen LogP contribution is 2.32. The van der Waals surface area contributed by atoms with Gasteiger partial charge in [-0.15, -0.1) is 11.3 Å². The molecule has 132 valence electrons. The standard InChI is InChI=1S/C22H17N3OS/c23-13-7-8-14-25-20(17-11-5-2-6-12-17)24-21-19(22(25)26)18(15-27-21)16-9-3-1-4-10-16/h1-6,9-12,15H,7-8,14H2. The minimum absolute atomic E-state index is 0.0445. The lowest BCUT2D eigenvalue weighted by Crippen LogP contribution is -2.23. The number of hydrogen-bond acceptors (Lipinski definition) is 4. The molecule has 2 aromatic carbocycles. The van der Waals surface area contributed by atoms with E-state index in [1.165, 1.54) is 11.3 Å². The smallest absolute Gasteiger partial charge is 0.263 e. The molecule has 0 aliphatic rings. The number of benzene rings is 2. The van der Waals surface area contributed by atoms with Crippen LogP contribution >= 0.6 is 11.3 Å². The van der Waals surface area contributed by atoms with E-state index in [1.54, 1.807) is 4.57 Å². The molecule has 0 spiro atoms. The highest BCUT2D eigenvalue weighted by Gasteiger charge is 2.17. The Morgan fingerprint density at radius 1 is 1.00 bits per heavy atom. The molecule has 0 amide bonds. The van der Waals surface area contributed by atoms with Crippen LogP contribution in [0.25, 0.3) is 32.7 Å². The van der Waals surface area contributed by atoms with E-state index in [9.17, 15) is 4.79 Å². The minimum Gasteiger partial charge on any atom is -0.292 e. The lowest BCUT2D eigenvalue weighted by molar-refractivity contribution is 0.634. The number of thiophene rings is 1. The van der Waals surface area contributed by atoms with Crippen molar-refractivity contribution in [3.05, 3.63) is 76.4 Å². The largest absolute Gasteiger partial charge is 0.292 e. The van der Waals surface area contributed by atoms with Gasteiger partial charge in [-0.2, -0.15) is 5.26 Å². The Morgan fingerprint density at radius 3 is 2.33 bits per heavy atom. The van der Waals surface area contributed by atoms with Crippen molar-refractivity contribution in [1.29, 1.82) is 5.26 Å². The summed E-state index contributed by atoms with van der Waals surface area (Å²) in [6.07, 6.45) is 1.03. The van der Waals surface area contributed by atoms with Gasteiger partial charge in [0.2, 0.25) is 0 Å². The van der Waals surface area contributed by atoms with Crippen LogP contribution in [-0.2, 0) is 6.54 Å². The molecule has 4 aromatic rings. The number of nitrogens with zero attached hydrogens (tertiary/aromatic N) is 3. The lowest BCUT2D eigenvalue weighted by Gasteiger charge is -2.12. The summed E-state index contributed by atoms with van der Waals surface area (Å²) in [6.45, 7) is 0.476. The number of aromatic nitrogens is 2. The van der Waals surface area contributed by atoms with Gasteiger partial charge in [-0.05, 0) is 12.0 Å². The Morgan fingerprint density at radius 2 is 1.67 bits per heavy atom. The van der Waals surface area contributed by atoms with Crippen LogP contribution in [0.15, 0.2) is 70.8 Å². The van der Waals surface area contributed by atoms with Crippen LogP contribution < -0.4 is 5.56 Å². The van der Waals surface area contributed by atoms with Crippen molar-refractivity contribution in [1.82, 2.24) is 9.55 Å². The molecule has 0 aliphatic heterocycles. The predicted octanol–water partition coefficient (Wildman–Crippen LogP) is 5.10. The molecule has 0 radical (unpaired) electrons. The average molecular weight is 371 g/mol. The molecule has 4 nitrogen and oxygen atoms in total. The van der Waals surface area contributed by atoms with Gasteiger partial charge >= 0.3 is 0 Å². The third kappa shape index (κ3) is 3.27. The van der Waals surface area contributed by atoms with Crippen LogP contribution in [-0.4, -0.2) is 9.55 Å². The fourth-order valence-corrected chi connectivity index (χ4v) is 4.12. The van der Waals surface area contributed by atoms with Gasteiger partial charge < -0.3 is 0 Å². The van der Waals surface area contributed by atoms with E-state index in [0.29, 0.717) is 30.6 Å². The van der Waals surface area contributed by atoms with Crippen LogP contribution in [0.1, 0.15) is 12.8 Å². The summed E-state index contributed by atoms with van der Waals surface area (Å²) in [5.41, 5.74) is 2.79. The number of rotatable bonds is 5. The molecule has 2 heterocycles. The van der Waals surface area contributed by atoms with Crippen molar-refractivity contribution >= 4 is 21.6 Å². The molecular formula is C22H17N3OS. The molecular weight excluding hydrogens is 354 g/mol. The average Bonchev–Trinajstić information content (AvgIpc) is 3.15. The fourth-order valence-electron chi connectivity index (χ4n) is 3.19. The normalized spacial score (nSPS) is 10.8. The lowest BCUT2D eigenvalue weighted by atomic mass is 10.1. The van der Waals surface area contributed by atoms with Crippen molar-refractivity contribution in [2.24, 2.45) is 0 Å². The number of fused-ring (bicyclic) bond motifs is 1. The SMILES string of the molecule is N#CCCCn1c(-c2ccccc2)nc2scc(-c3ccccc3)c2c1=O. The second-order valence-electron chi connectivity index (χ2n) is 6.22. The van der Waals surface area contributed by atoms with Gasteiger partial charge in [0, 0.05) is 29.5 Å². The van der Waals surface area contributed by atoms with E-state index in [1.807, 2.05) is 66.0 Å². The maximum atomic E-state index is 13.4. The van der Waals surface area contributed by atoms with Crippen LogP contribution in [0.2, 0.25) is 0 Å². The van der Waals surface area contributed by atoms with Gasteiger partial charge in [-0.3, -0.25) is 9.36 Å². The first-order chi connectivity index (χ1) is 13.3. The molecule has 27 heavy (non-hydrogen) atoms. The van der Waals surface area contributed by atoms with Crippen molar-refractivity contribution in [2.45, 2.75) is 19.4 Å². The zero-order chi connectivity index (χ0) is 18.6. The first kappa shape index (κ1) is 17.2. The fraction of sp³-hybridized carbons (Fsp3) is 0.136. The number of nitriles is 1. The zero-order valence-electron chi connectivity index (χ0n) is 14.6. The molecule has 0 bridgehead atoms. The summed E-state index contributed by atoms with van der Waals surface area (Å²) in [7, 11) is 0. The molecule has 0 aliphatic carbocycles. The molecule has 0 saturated carbocycles. The third-order valence-corrected chi connectivity index (χ3v) is 5.35. The Labute approximate surface area is 161 Å². The van der Waals surface area contributed by atoms with E-state index < -0.39 is 0 Å². The van der Waals surface area contributed by atoms with E-state index in [-0.39, 0.29) is 5.56 Å². The molecule has 0 saturated heterocycles. The topological polar surface area (TPSA) is 58.7 Å². The quantitative estimate of drug-likeness (QED) is 0.459. The van der Waals surface area contributed by atoms with E-state index >= 15 is 0 Å². The molecule has 0 N–H and O–H groups in total. The van der Waals surface area contributed by atoms with Crippen molar-refractivity contribution in [3.8, 4) is 28.6 Å². The Bertz CT molecular complexity index is 1170. The maximum Gasteiger partial charge on any atom is 0.263 e. The second kappa shape index (κ2) is 7.56. The number of hydrogen-bond donors (Lipinski definition) is 0. The summed E-state index contributed by atoms with van der Waals surface area (Å²) in [6, 6.07) is 21.8. The molecule has 0 atom stereocenters. The van der Waals surface area contributed by atoms with E-state index in [2.05, 4.69) is 6.07 Å². The molecule has 0 fully saturated rings. The summed E-state index contributed by atoms with van der Waals surface area (Å²) in [4.78, 5) is 19.0. The summed E-state index contributed by atoms with van der Waals surface area (Å²) < 4.78 is 1.72. The van der Waals surface area contributed by atoms with E-state index in [4.69, 9.17) is 10.2 Å². The molecule has 2 aromatic heterocycles. The summed E-state index contributed by atoms with van der Waals surface area (Å²) in [5, 5.41) is 11.5. The first-order valence-corrected chi connectivity index (χ1v) is 9.67. The second-order valence-corrected chi connectivity index (χ2v) is 7.07. The van der Waals surface area contributed by atoms with Gasteiger partial charge in [0.15, 0.2) is 0 Å². The van der Waals surface area contributed by atoms with Crippen LogP contribution in [0.5, 0.6) is 0 Å². The van der Waals surface area contributed by atoms with Gasteiger partial charge in [0.05, 0.1) is 11.5 Å². The molecule has 5 heteroatoms. The third-order valence-electron chi connectivity index (χ3n) is 4.48. The monoisotopic (exact) mass is 371 g/mol. The van der Waals surface area contributed by atoms with Gasteiger partial charge in [-0.1, -0.05) is 60.7 Å². The van der Waals surface area contributed by atoms with Crippen LogP contribution in [0.3, 0.4) is 0 Å². The van der Waals surface area contributed by atoms with Crippen LogP contribution in [0, 0.1) is 11.3 Å². The Hall–Kier alpha value is -3.23. The Kier molecular flexibility index (Phi) is 4.82. The van der Waals surface area contributed by atoms with Crippen molar-refractivity contribution in [2.75, 3.05) is 0 Å². The minimum atomic E-state index is -0.0445. The first-order valence-electron chi connectivity index (χ1n) is 8.79.